The van der Waals surface area contributed by atoms with Crippen LogP contribution >= 0.6 is 0 Å². The average Bonchev–Trinajstić information content (AvgIpc) is 3.05. The van der Waals surface area contributed by atoms with Crippen LogP contribution in [-0.2, 0) is 16.6 Å². The van der Waals surface area contributed by atoms with Crippen molar-refractivity contribution in [3.8, 4) is 11.8 Å². The second kappa shape index (κ2) is 8.30. The predicted octanol–water partition coefficient (Wildman–Crippen LogP) is 3.89. The number of sulfonamides is 1. The fourth-order valence-corrected chi connectivity index (χ4v) is 4.43. The zero-order chi connectivity index (χ0) is 21.2. The molecule has 0 aliphatic heterocycles. The minimum atomic E-state index is -3.75. The monoisotopic (exact) mass is 418 g/mol. The highest BCUT2D eigenvalue weighted by molar-refractivity contribution is 7.89. The fourth-order valence-electron chi connectivity index (χ4n) is 3.04. The largest absolute Gasteiger partial charge is 0.424 e. The Kier molecular flexibility index (Phi) is 5.99. The molecular formula is C20H23FN4O3S. The lowest BCUT2D eigenvalue weighted by atomic mass is 10.2. The molecule has 0 amide bonds. The van der Waals surface area contributed by atoms with E-state index in [0.717, 1.165) is 11.1 Å². The number of nitrogens with one attached hydrogen (secondary N) is 1. The van der Waals surface area contributed by atoms with Crippen LogP contribution in [-0.4, -0.2) is 23.2 Å². The SMILES string of the molecule is CCn1c(Oc2ccc(F)cc2)nnc1[C@@H](C)NS(=O)(=O)c1cc(C)cc(C)c1. The van der Waals surface area contributed by atoms with Crippen molar-refractivity contribution in [1.82, 2.24) is 19.5 Å². The Bertz CT molecular complexity index is 1090. The average molecular weight is 418 g/mol. The first-order valence-corrected chi connectivity index (χ1v) is 10.6. The highest BCUT2D eigenvalue weighted by atomic mass is 32.2. The summed E-state index contributed by atoms with van der Waals surface area (Å²) in [5.74, 6) is 0.450. The van der Waals surface area contributed by atoms with Gasteiger partial charge in [-0.3, -0.25) is 4.57 Å². The van der Waals surface area contributed by atoms with Crippen molar-refractivity contribution in [3.63, 3.8) is 0 Å². The molecule has 3 rings (SSSR count). The Morgan fingerprint density at radius 3 is 2.31 bits per heavy atom. The molecule has 29 heavy (non-hydrogen) atoms. The maximum absolute atomic E-state index is 13.1. The molecule has 0 saturated carbocycles. The van der Waals surface area contributed by atoms with Gasteiger partial charge in [0.2, 0.25) is 10.0 Å². The van der Waals surface area contributed by atoms with Crippen molar-refractivity contribution in [2.75, 3.05) is 0 Å². The highest BCUT2D eigenvalue weighted by Crippen LogP contribution is 2.24. The normalized spacial score (nSPS) is 12.7. The van der Waals surface area contributed by atoms with Gasteiger partial charge in [0.1, 0.15) is 11.6 Å². The summed E-state index contributed by atoms with van der Waals surface area (Å²) >= 11 is 0. The minimum Gasteiger partial charge on any atom is -0.424 e. The summed E-state index contributed by atoms with van der Waals surface area (Å²) in [6.45, 7) is 7.73. The predicted molar refractivity (Wildman–Crippen MR) is 107 cm³/mol. The summed E-state index contributed by atoms with van der Waals surface area (Å²) < 4.78 is 48.7. The first-order chi connectivity index (χ1) is 13.7. The lowest BCUT2D eigenvalue weighted by Crippen LogP contribution is -2.29. The van der Waals surface area contributed by atoms with Gasteiger partial charge < -0.3 is 4.74 Å². The third kappa shape index (κ3) is 4.80. The number of aromatic nitrogens is 3. The molecule has 2 aromatic carbocycles. The van der Waals surface area contributed by atoms with Crippen LogP contribution in [0.2, 0.25) is 0 Å². The van der Waals surface area contributed by atoms with Gasteiger partial charge in [0.15, 0.2) is 5.82 Å². The highest BCUT2D eigenvalue weighted by Gasteiger charge is 2.24. The number of benzene rings is 2. The van der Waals surface area contributed by atoms with Crippen molar-refractivity contribution < 1.29 is 17.5 Å². The number of nitrogens with zero attached hydrogens (tertiary/aromatic N) is 3. The molecule has 1 N–H and O–H groups in total. The van der Waals surface area contributed by atoms with Gasteiger partial charge in [-0.05, 0) is 75.2 Å². The molecule has 0 aliphatic carbocycles. The van der Waals surface area contributed by atoms with Gasteiger partial charge in [-0.25, -0.2) is 17.5 Å². The number of halogens is 1. The van der Waals surface area contributed by atoms with E-state index in [1.54, 1.807) is 23.6 Å². The lowest BCUT2D eigenvalue weighted by molar-refractivity contribution is 0.407. The van der Waals surface area contributed by atoms with Crippen LogP contribution in [0.3, 0.4) is 0 Å². The Hall–Kier alpha value is -2.78. The number of hydrogen-bond acceptors (Lipinski definition) is 5. The van der Waals surface area contributed by atoms with Crippen LogP contribution in [0.25, 0.3) is 0 Å². The summed E-state index contributed by atoms with van der Waals surface area (Å²) in [5.41, 5.74) is 1.73. The standard InChI is InChI=1S/C20H23FN4O3S/c1-5-25-19(22-23-20(25)28-17-8-6-16(21)7-9-17)15(4)24-29(26,27)18-11-13(2)10-14(3)12-18/h6-12,15,24H,5H2,1-4H3/t15-/m1/s1. The molecule has 154 valence electrons. The van der Waals surface area contributed by atoms with Gasteiger partial charge in [0, 0.05) is 6.54 Å². The first kappa shape index (κ1) is 20.9. The van der Waals surface area contributed by atoms with Crippen LogP contribution < -0.4 is 9.46 Å². The van der Waals surface area contributed by atoms with Crippen molar-refractivity contribution in [2.24, 2.45) is 0 Å². The van der Waals surface area contributed by atoms with Gasteiger partial charge in [-0.1, -0.05) is 11.2 Å². The van der Waals surface area contributed by atoms with Crippen LogP contribution in [0.1, 0.15) is 36.8 Å². The van der Waals surface area contributed by atoms with Crippen molar-refractivity contribution >= 4 is 10.0 Å². The lowest BCUT2D eigenvalue weighted by Gasteiger charge is -2.16. The summed E-state index contributed by atoms with van der Waals surface area (Å²) in [5, 5.41) is 8.12. The summed E-state index contributed by atoms with van der Waals surface area (Å²) in [6.07, 6.45) is 0. The van der Waals surface area contributed by atoms with Crippen LogP contribution in [0.4, 0.5) is 4.39 Å². The van der Waals surface area contributed by atoms with E-state index in [9.17, 15) is 12.8 Å². The Labute approximate surface area is 169 Å². The molecule has 0 unspecified atom stereocenters. The molecule has 1 heterocycles. The zero-order valence-electron chi connectivity index (χ0n) is 16.7. The third-order valence-corrected chi connectivity index (χ3v) is 5.83. The molecular weight excluding hydrogens is 395 g/mol. The van der Waals surface area contributed by atoms with Crippen molar-refractivity contribution in [1.29, 1.82) is 0 Å². The van der Waals surface area contributed by atoms with E-state index < -0.39 is 16.1 Å². The van der Waals surface area contributed by atoms with Crippen LogP contribution in [0.5, 0.6) is 11.8 Å². The minimum absolute atomic E-state index is 0.201. The first-order valence-electron chi connectivity index (χ1n) is 9.16. The zero-order valence-corrected chi connectivity index (χ0v) is 17.5. The molecule has 0 bridgehead atoms. The van der Waals surface area contributed by atoms with E-state index in [1.165, 1.54) is 24.3 Å². The van der Waals surface area contributed by atoms with Gasteiger partial charge >= 0.3 is 6.01 Å². The van der Waals surface area contributed by atoms with Crippen molar-refractivity contribution in [3.05, 3.63) is 65.2 Å². The molecule has 0 aliphatic rings. The molecule has 1 aromatic heterocycles. The Morgan fingerprint density at radius 2 is 1.72 bits per heavy atom. The maximum Gasteiger partial charge on any atom is 0.322 e. The van der Waals surface area contributed by atoms with Gasteiger partial charge in [-0.15, -0.1) is 5.10 Å². The number of aryl methyl sites for hydroxylation is 2. The molecule has 7 nitrogen and oxygen atoms in total. The molecule has 0 saturated heterocycles. The second-order valence-corrected chi connectivity index (χ2v) is 8.52. The third-order valence-electron chi connectivity index (χ3n) is 4.31. The summed E-state index contributed by atoms with van der Waals surface area (Å²) in [4.78, 5) is 0.201. The van der Waals surface area contributed by atoms with Crippen molar-refractivity contribution in [2.45, 2.75) is 45.2 Å². The van der Waals surface area contributed by atoms with Gasteiger partial charge in [0.25, 0.3) is 0 Å². The van der Waals surface area contributed by atoms with Crippen LogP contribution in [0, 0.1) is 19.7 Å². The van der Waals surface area contributed by atoms with Gasteiger partial charge in [0.05, 0.1) is 10.9 Å². The van der Waals surface area contributed by atoms with Gasteiger partial charge in [-0.2, -0.15) is 0 Å². The van der Waals surface area contributed by atoms with E-state index in [2.05, 4.69) is 14.9 Å². The maximum atomic E-state index is 13.1. The summed E-state index contributed by atoms with van der Waals surface area (Å²) in [6, 6.07) is 10.2. The van der Waals surface area contributed by atoms with E-state index in [-0.39, 0.29) is 16.7 Å². The van der Waals surface area contributed by atoms with E-state index in [0.29, 0.717) is 18.1 Å². The molecule has 0 fully saturated rings. The Morgan fingerprint density at radius 1 is 1.10 bits per heavy atom. The summed E-state index contributed by atoms with van der Waals surface area (Å²) in [7, 11) is -3.75. The van der Waals surface area contributed by atoms with E-state index in [1.807, 2.05) is 26.8 Å². The fraction of sp³-hybridized carbons (Fsp3) is 0.300. The number of ether oxygens (including phenoxy) is 1. The van der Waals surface area contributed by atoms with Crippen LogP contribution in [0.15, 0.2) is 47.4 Å². The quantitative estimate of drug-likeness (QED) is 0.629. The smallest absolute Gasteiger partial charge is 0.322 e. The molecule has 3 aromatic rings. The van der Waals surface area contributed by atoms with E-state index >= 15 is 0 Å². The topological polar surface area (TPSA) is 86.1 Å². The van der Waals surface area contributed by atoms with E-state index in [4.69, 9.17) is 4.74 Å². The number of rotatable bonds is 7. The molecule has 0 spiro atoms. The molecule has 0 radical (unpaired) electrons. The second-order valence-electron chi connectivity index (χ2n) is 6.81. The molecule has 9 heteroatoms. The Balaban J connectivity index is 1.84. The number of hydrogen-bond donors (Lipinski definition) is 1. The molecule has 1 atom stereocenters.